The number of aromatic carboxylic acids is 1. The Morgan fingerprint density at radius 1 is 1.05 bits per heavy atom. The van der Waals surface area contributed by atoms with Gasteiger partial charge in [-0.05, 0) is 55.8 Å². The topological polar surface area (TPSA) is 155 Å². The van der Waals surface area contributed by atoms with E-state index in [4.69, 9.17) is 14.5 Å². The van der Waals surface area contributed by atoms with Crippen LogP contribution in [0.1, 0.15) is 52.7 Å². The van der Waals surface area contributed by atoms with Crippen LogP contribution in [0.2, 0.25) is 0 Å². The molecule has 1 aromatic heterocycles. The molecule has 0 saturated carbocycles. The van der Waals surface area contributed by atoms with Crippen molar-refractivity contribution in [2.75, 3.05) is 10.6 Å². The first kappa shape index (κ1) is 28.6. The number of carboxylic acid groups (broad SMARTS) is 1. The van der Waals surface area contributed by atoms with Crippen molar-refractivity contribution in [3.05, 3.63) is 70.9 Å². The highest BCUT2D eigenvalue weighted by molar-refractivity contribution is 6.13. The summed E-state index contributed by atoms with van der Waals surface area (Å²) in [4.78, 5) is 36.3. The summed E-state index contributed by atoms with van der Waals surface area (Å²) in [6.45, 7) is 4.52. The van der Waals surface area contributed by atoms with E-state index in [-0.39, 0.29) is 56.0 Å². The van der Waals surface area contributed by atoms with Gasteiger partial charge in [0, 0.05) is 24.2 Å². The average Bonchev–Trinajstić information content (AvgIpc) is 3.30. The highest BCUT2D eigenvalue weighted by Crippen LogP contribution is 2.44. The van der Waals surface area contributed by atoms with Crippen LogP contribution in [0, 0.1) is 11.3 Å². The Morgan fingerprint density at radius 2 is 1.78 bits per heavy atom. The summed E-state index contributed by atoms with van der Waals surface area (Å²) < 4.78 is 53.6. The minimum atomic E-state index is -4.83. The summed E-state index contributed by atoms with van der Waals surface area (Å²) in [5.74, 6) is -2.84. The second kappa shape index (κ2) is 11.0. The van der Waals surface area contributed by atoms with Gasteiger partial charge in [0.15, 0.2) is 11.3 Å². The van der Waals surface area contributed by atoms with Crippen LogP contribution in [0.25, 0.3) is 22.1 Å². The summed E-state index contributed by atoms with van der Waals surface area (Å²) in [5.41, 5.74) is -2.20. The second-order valence-corrected chi connectivity index (χ2v) is 9.11. The molecular weight excluding hydrogens is 545 g/mol. The van der Waals surface area contributed by atoms with Gasteiger partial charge >= 0.3 is 12.1 Å². The third-order valence-corrected chi connectivity index (χ3v) is 5.71. The quantitative estimate of drug-likeness (QED) is 0.243. The number of anilines is 2. The van der Waals surface area contributed by atoms with E-state index in [0.29, 0.717) is 0 Å². The number of aromatic nitrogens is 1. The van der Waals surface area contributed by atoms with Crippen molar-refractivity contribution in [2.45, 2.75) is 33.1 Å². The van der Waals surface area contributed by atoms with E-state index in [2.05, 4.69) is 15.8 Å². The predicted molar refractivity (Wildman–Crippen MR) is 141 cm³/mol. The molecule has 0 saturated heterocycles. The zero-order chi connectivity index (χ0) is 30.1. The lowest BCUT2D eigenvalue weighted by atomic mass is 9.96. The van der Waals surface area contributed by atoms with E-state index in [0.717, 1.165) is 12.1 Å². The fourth-order valence-electron chi connectivity index (χ4n) is 4.07. The molecule has 0 aliphatic carbocycles. The van der Waals surface area contributed by atoms with Crippen molar-refractivity contribution in [2.24, 2.45) is 0 Å². The first-order valence-corrected chi connectivity index (χ1v) is 12.0. The van der Waals surface area contributed by atoms with Crippen LogP contribution in [0.3, 0.4) is 0 Å². The van der Waals surface area contributed by atoms with E-state index in [1.54, 1.807) is 19.9 Å². The number of carboxylic acids is 1. The van der Waals surface area contributed by atoms with Crippen LogP contribution in [0.4, 0.5) is 24.5 Å². The fraction of sp³-hybridized carbons (Fsp3) is 0.179. The number of carbonyl (C=O) groups is 3. The number of alkyl halides is 3. The number of benzene rings is 3. The van der Waals surface area contributed by atoms with Crippen LogP contribution >= 0.6 is 0 Å². The zero-order valence-corrected chi connectivity index (χ0v) is 21.7. The number of nitrogens with zero attached hydrogens (tertiary/aromatic N) is 2. The summed E-state index contributed by atoms with van der Waals surface area (Å²) in [7, 11) is 0. The molecule has 3 aromatic carbocycles. The van der Waals surface area contributed by atoms with E-state index in [1.807, 2.05) is 0 Å². The first-order chi connectivity index (χ1) is 19.3. The minimum Gasteiger partial charge on any atom is -0.490 e. The maximum absolute atomic E-state index is 14.2. The monoisotopic (exact) mass is 566 g/mol. The molecule has 4 rings (SSSR count). The molecule has 10 nitrogen and oxygen atoms in total. The number of nitriles is 1. The Labute approximate surface area is 230 Å². The van der Waals surface area contributed by atoms with Crippen molar-refractivity contribution in [3.8, 4) is 22.9 Å². The van der Waals surface area contributed by atoms with Gasteiger partial charge in [-0.15, -0.1) is 0 Å². The van der Waals surface area contributed by atoms with E-state index >= 15 is 0 Å². The Hall–Kier alpha value is -5.38. The Bertz CT molecular complexity index is 1740. The number of hydrogen-bond donors (Lipinski definition) is 3. The largest absolute Gasteiger partial charge is 0.490 e. The SMILES string of the molecule is CC(=O)Nc1ccc(-c2cc3c(C(=O)Nc4ccc(C#N)cc4C(=O)O)noc3cc2OC(C)C)c(C(F)(F)F)c1. The molecule has 0 fully saturated rings. The molecule has 1 heterocycles. The molecule has 0 aliphatic heterocycles. The van der Waals surface area contributed by atoms with Crippen molar-refractivity contribution in [1.82, 2.24) is 5.16 Å². The van der Waals surface area contributed by atoms with E-state index in [1.165, 1.54) is 43.3 Å². The molecule has 0 unspecified atom stereocenters. The lowest BCUT2D eigenvalue weighted by Gasteiger charge is -2.19. The van der Waals surface area contributed by atoms with E-state index < -0.39 is 35.6 Å². The van der Waals surface area contributed by atoms with Gasteiger partial charge in [0.1, 0.15) is 5.75 Å². The summed E-state index contributed by atoms with van der Waals surface area (Å²) in [6, 6.07) is 11.3. The number of amides is 2. The normalized spacial score (nSPS) is 11.3. The average molecular weight is 566 g/mol. The van der Waals surface area contributed by atoms with Crippen molar-refractivity contribution in [1.29, 1.82) is 5.26 Å². The lowest BCUT2D eigenvalue weighted by Crippen LogP contribution is -2.15. The molecule has 41 heavy (non-hydrogen) atoms. The van der Waals surface area contributed by atoms with Gasteiger partial charge in [-0.1, -0.05) is 11.2 Å². The molecule has 0 spiro atoms. The third-order valence-electron chi connectivity index (χ3n) is 5.71. The smallest absolute Gasteiger partial charge is 0.417 e. The summed E-state index contributed by atoms with van der Waals surface area (Å²) >= 11 is 0. The number of ether oxygens (including phenoxy) is 1. The molecule has 13 heteroatoms. The number of hydrogen-bond acceptors (Lipinski definition) is 7. The van der Waals surface area contributed by atoms with Crippen molar-refractivity contribution in [3.63, 3.8) is 0 Å². The van der Waals surface area contributed by atoms with Crippen LogP contribution < -0.4 is 15.4 Å². The Morgan fingerprint density at radius 3 is 2.39 bits per heavy atom. The number of halogens is 3. The minimum absolute atomic E-state index is 0.0219. The zero-order valence-electron chi connectivity index (χ0n) is 21.7. The molecule has 3 N–H and O–H groups in total. The first-order valence-electron chi connectivity index (χ1n) is 12.0. The number of carbonyl (C=O) groups excluding carboxylic acids is 2. The molecule has 0 aliphatic rings. The molecular formula is C28H21F3N4O6. The maximum atomic E-state index is 14.2. The van der Waals surface area contributed by atoms with Crippen LogP contribution in [0.5, 0.6) is 5.75 Å². The maximum Gasteiger partial charge on any atom is 0.417 e. The third kappa shape index (κ3) is 6.11. The Kier molecular flexibility index (Phi) is 7.69. The summed E-state index contributed by atoms with van der Waals surface area (Å²) in [5, 5.41) is 27.1. The van der Waals surface area contributed by atoms with Gasteiger partial charge in [-0.25, -0.2) is 4.79 Å². The number of rotatable bonds is 7. The van der Waals surface area contributed by atoms with Gasteiger partial charge in [0.25, 0.3) is 5.91 Å². The molecule has 4 aromatic rings. The van der Waals surface area contributed by atoms with Crippen LogP contribution in [0.15, 0.2) is 53.1 Å². The van der Waals surface area contributed by atoms with Gasteiger partial charge in [-0.3, -0.25) is 9.59 Å². The second-order valence-electron chi connectivity index (χ2n) is 9.11. The van der Waals surface area contributed by atoms with Gasteiger partial charge in [0.2, 0.25) is 5.91 Å². The summed E-state index contributed by atoms with van der Waals surface area (Å²) in [6.07, 6.45) is -5.28. The molecule has 0 atom stereocenters. The van der Waals surface area contributed by atoms with Gasteiger partial charge < -0.3 is 25.0 Å². The van der Waals surface area contributed by atoms with E-state index in [9.17, 15) is 32.7 Å². The Balaban J connectivity index is 1.87. The van der Waals surface area contributed by atoms with Crippen molar-refractivity contribution >= 4 is 40.1 Å². The molecule has 0 radical (unpaired) electrons. The highest BCUT2D eigenvalue weighted by Gasteiger charge is 2.35. The molecule has 2 amide bonds. The fourth-order valence-corrected chi connectivity index (χ4v) is 4.07. The number of nitrogens with one attached hydrogen (secondary N) is 2. The molecule has 210 valence electrons. The van der Waals surface area contributed by atoms with Crippen LogP contribution in [-0.4, -0.2) is 34.2 Å². The number of fused-ring (bicyclic) bond motifs is 1. The predicted octanol–water partition coefficient (Wildman–Crippen LogP) is 6.08. The van der Waals surface area contributed by atoms with Crippen LogP contribution in [-0.2, 0) is 11.0 Å². The lowest BCUT2D eigenvalue weighted by molar-refractivity contribution is -0.137. The molecule has 0 bridgehead atoms. The highest BCUT2D eigenvalue weighted by atomic mass is 19.4. The van der Waals surface area contributed by atoms with Gasteiger partial charge in [-0.2, -0.15) is 18.4 Å². The standard InChI is InChI=1S/C28H21F3N4O6/c1-13(2)40-23-11-24-20(10-18(23)17-6-5-16(33-14(3)36)9-21(17)28(29,30)31)25(35-41-24)26(37)34-22-7-4-15(12-32)8-19(22)27(38)39/h4-11,13H,1-3H3,(H,33,36)(H,34,37)(H,38,39). The van der Waals surface area contributed by atoms with Gasteiger partial charge in [0.05, 0.1) is 39.9 Å². The van der Waals surface area contributed by atoms with Crippen molar-refractivity contribution < 1.29 is 41.9 Å².